The van der Waals surface area contributed by atoms with Crippen LogP contribution in [0.3, 0.4) is 0 Å². The van der Waals surface area contributed by atoms with Gasteiger partial charge in [0.15, 0.2) is 0 Å². The summed E-state index contributed by atoms with van der Waals surface area (Å²) in [6.45, 7) is 9.63. The van der Waals surface area contributed by atoms with Gasteiger partial charge in [0.2, 0.25) is 0 Å². The van der Waals surface area contributed by atoms with Gasteiger partial charge in [0.25, 0.3) is 0 Å². The van der Waals surface area contributed by atoms with Gasteiger partial charge >= 0.3 is 6.09 Å². The number of ether oxygens (including phenoxy) is 1. The van der Waals surface area contributed by atoms with E-state index >= 15 is 0 Å². The molecule has 0 spiro atoms. The van der Waals surface area contributed by atoms with Gasteiger partial charge in [0.1, 0.15) is 5.60 Å². The van der Waals surface area contributed by atoms with Crippen LogP contribution in [0.2, 0.25) is 0 Å². The van der Waals surface area contributed by atoms with E-state index in [1.807, 2.05) is 27.0 Å². The molecule has 0 radical (unpaired) electrons. The minimum absolute atomic E-state index is 0.148. The number of carbonyl (C=O) groups excluding carboxylic acids is 1. The molecule has 0 bridgehead atoms. The maximum absolute atomic E-state index is 11.9. The Labute approximate surface area is 127 Å². The number of nitrogens with zero attached hydrogens (tertiary/aromatic N) is 1. The first-order valence-electron chi connectivity index (χ1n) is 7.68. The molecule has 2 rings (SSSR count). The van der Waals surface area contributed by atoms with Crippen LogP contribution in [0.5, 0.6) is 0 Å². The summed E-state index contributed by atoms with van der Waals surface area (Å²) in [4.78, 5) is 14.2. The SMILES string of the molecule is CC1=CC(N2CCC[C@@H](NC(=O)OC(C)(C)C)C2)NC=C1. The van der Waals surface area contributed by atoms with Gasteiger partial charge in [-0.2, -0.15) is 0 Å². The molecular formula is C16H27N3O2. The van der Waals surface area contributed by atoms with Crippen molar-refractivity contribution in [2.45, 2.75) is 58.3 Å². The zero-order chi connectivity index (χ0) is 15.5. The Morgan fingerprint density at radius 2 is 2.24 bits per heavy atom. The van der Waals surface area contributed by atoms with Gasteiger partial charge in [-0.1, -0.05) is 5.57 Å². The summed E-state index contributed by atoms with van der Waals surface area (Å²) in [5, 5.41) is 6.34. The second kappa shape index (κ2) is 6.52. The molecule has 0 aromatic rings. The summed E-state index contributed by atoms with van der Waals surface area (Å²) in [6.07, 6.45) is 8.25. The number of hydrogen-bond acceptors (Lipinski definition) is 4. The normalized spacial score (nSPS) is 26.8. The number of rotatable bonds is 2. The number of nitrogens with one attached hydrogen (secondary N) is 2. The van der Waals surface area contributed by atoms with Crippen molar-refractivity contribution in [3.8, 4) is 0 Å². The lowest BCUT2D eigenvalue weighted by atomic mass is 10.0. The van der Waals surface area contributed by atoms with E-state index in [1.165, 1.54) is 5.57 Å². The fourth-order valence-electron chi connectivity index (χ4n) is 2.69. The molecule has 5 heteroatoms. The topological polar surface area (TPSA) is 53.6 Å². The average Bonchev–Trinajstić information content (AvgIpc) is 2.36. The zero-order valence-corrected chi connectivity index (χ0v) is 13.5. The molecular weight excluding hydrogens is 266 g/mol. The van der Waals surface area contributed by atoms with Crippen LogP contribution in [0, 0.1) is 0 Å². The first kappa shape index (κ1) is 15.9. The van der Waals surface area contributed by atoms with Crippen LogP contribution in [0.25, 0.3) is 0 Å². The molecule has 1 saturated heterocycles. The van der Waals surface area contributed by atoms with Gasteiger partial charge in [-0.25, -0.2) is 4.79 Å². The average molecular weight is 293 g/mol. The van der Waals surface area contributed by atoms with Crippen LogP contribution in [0.4, 0.5) is 4.79 Å². The highest BCUT2D eigenvalue weighted by Gasteiger charge is 2.27. The van der Waals surface area contributed by atoms with Crippen molar-refractivity contribution in [1.29, 1.82) is 0 Å². The first-order chi connectivity index (χ1) is 9.83. The number of likely N-dealkylation sites (tertiary alicyclic amines) is 1. The van der Waals surface area contributed by atoms with Crippen molar-refractivity contribution in [2.24, 2.45) is 0 Å². The Hall–Kier alpha value is -1.49. The third-order valence-corrected chi connectivity index (χ3v) is 3.60. The lowest BCUT2D eigenvalue weighted by Gasteiger charge is -2.38. The number of carbonyl (C=O) groups is 1. The van der Waals surface area contributed by atoms with Crippen molar-refractivity contribution in [3.05, 3.63) is 23.9 Å². The fraction of sp³-hybridized carbons (Fsp3) is 0.688. The number of dihydropyridines is 1. The molecule has 1 amide bonds. The van der Waals surface area contributed by atoms with Gasteiger partial charge in [-0.15, -0.1) is 0 Å². The van der Waals surface area contributed by atoms with Crippen LogP contribution in [0.15, 0.2) is 23.9 Å². The van der Waals surface area contributed by atoms with Crippen molar-refractivity contribution < 1.29 is 9.53 Å². The van der Waals surface area contributed by atoms with Crippen molar-refractivity contribution in [1.82, 2.24) is 15.5 Å². The van der Waals surface area contributed by atoms with Crippen molar-refractivity contribution >= 4 is 6.09 Å². The number of alkyl carbamates (subject to hydrolysis) is 1. The van der Waals surface area contributed by atoms with E-state index < -0.39 is 5.60 Å². The highest BCUT2D eigenvalue weighted by atomic mass is 16.6. The number of piperidine rings is 1. The maximum atomic E-state index is 11.9. The van der Waals surface area contributed by atoms with Crippen LogP contribution in [-0.4, -0.2) is 41.9 Å². The smallest absolute Gasteiger partial charge is 0.407 e. The molecule has 2 atom stereocenters. The minimum Gasteiger partial charge on any atom is -0.444 e. The molecule has 0 aliphatic carbocycles. The van der Waals surface area contributed by atoms with Crippen molar-refractivity contribution in [2.75, 3.05) is 13.1 Å². The van der Waals surface area contributed by atoms with Crippen LogP contribution in [0.1, 0.15) is 40.5 Å². The van der Waals surface area contributed by atoms with Gasteiger partial charge in [-0.05, 0) is 58.9 Å². The van der Waals surface area contributed by atoms with E-state index in [4.69, 9.17) is 4.74 Å². The van der Waals surface area contributed by atoms with Crippen LogP contribution >= 0.6 is 0 Å². The molecule has 1 unspecified atom stereocenters. The summed E-state index contributed by atoms with van der Waals surface area (Å²) in [5.41, 5.74) is 0.814. The van der Waals surface area contributed by atoms with Gasteiger partial charge < -0.3 is 15.4 Å². The quantitative estimate of drug-likeness (QED) is 0.820. The molecule has 2 N–H and O–H groups in total. The molecule has 2 aliphatic rings. The standard InChI is InChI=1S/C16H27N3O2/c1-12-7-8-17-14(10-12)19-9-5-6-13(11-19)18-15(20)21-16(2,3)4/h7-8,10,13-14,17H,5-6,9,11H2,1-4H3,(H,18,20)/t13-,14?/m1/s1. The molecule has 118 valence electrons. The summed E-state index contributed by atoms with van der Waals surface area (Å²) >= 11 is 0. The predicted molar refractivity (Wildman–Crippen MR) is 83.8 cm³/mol. The number of hydrogen-bond donors (Lipinski definition) is 2. The third kappa shape index (κ3) is 5.08. The van der Waals surface area contributed by atoms with E-state index in [1.54, 1.807) is 0 Å². The highest BCUT2D eigenvalue weighted by Crippen LogP contribution is 2.16. The summed E-state index contributed by atoms with van der Waals surface area (Å²) in [7, 11) is 0. The third-order valence-electron chi connectivity index (χ3n) is 3.60. The molecule has 21 heavy (non-hydrogen) atoms. The molecule has 0 aromatic carbocycles. The molecule has 2 aliphatic heterocycles. The van der Waals surface area contributed by atoms with Gasteiger partial charge in [-0.3, -0.25) is 4.90 Å². The second-order valence-corrected chi connectivity index (χ2v) is 6.84. The van der Waals surface area contributed by atoms with E-state index in [-0.39, 0.29) is 18.3 Å². The largest absolute Gasteiger partial charge is 0.444 e. The molecule has 0 aromatic heterocycles. The Kier molecular flexibility index (Phi) is 4.93. The lowest BCUT2D eigenvalue weighted by Crippen LogP contribution is -2.54. The van der Waals surface area contributed by atoms with E-state index in [0.29, 0.717) is 0 Å². The van der Waals surface area contributed by atoms with Crippen LogP contribution in [-0.2, 0) is 4.74 Å². The lowest BCUT2D eigenvalue weighted by molar-refractivity contribution is 0.0459. The zero-order valence-electron chi connectivity index (χ0n) is 13.5. The van der Waals surface area contributed by atoms with Crippen molar-refractivity contribution in [3.63, 3.8) is 0 Å². The summed E-state index contributed by atoms with van der Waals surface area (Å²) in [6, 6.07) is 0.148. The fourth-order valence-corrected chi connectivity index (χ4v) is 2.69. The minimum atomic E-state index is -0.450. The predicted octanol–water partition coefficient (Wildman–Crippen LogP) is 2.36. The number of allylic oxidation sites excluding steroid dienone is 2. The Bertz CT molecular complexity index is 437. The Morgan fingerprint density at radius 1 is 1.48 bits per heavy atom. The van der Waals surface area contributed by atoms with Gasteiger partial charge in [0.05, 0.1) is 6.17 Å². The summed E-state index contributed by atoms with van der Waals surface area (Å²) < 4.78 is 5.33. The van der Waals surface area contributed by atoms with Gasteiger partial charge in [0, 0.05) is 19.1 Å². The monoisotopic (exact) mass is 293 g/mol. The van der Waals surface area contributed by atoms with E-state index in [9.17, 15) is 4.79 Å². The van der Waals surface area contributed by atoms with Crippen LogP contribution < -0.4 is 10.6 Å². The second-order valence-electron chi connectivity index (χ2n) is 6.84. The molecule has 1 fully saturated rings. The maximum Gasteiger partial charge on any atom is 0.407 e. The van der Waals surface area contributed by atoms with E-state index in [2.05, 4.69) is 34.6 Å². The Balaban J connectivity index is 1.86. The first-order valence-corrected chi connectivity index (χ1v) is 7.68. The van der Waals surface area contributed by atoms with E-state index in [0.717, 1.165) is 25.9 Å². The molecule has 0 saturated carbocycles. The molecule has 5 nitrogen and oxygen atoms in total. The molecule has 2 heterocycles. The Morgan fingerprint density at radius 3 is 2.90 bits per heavy atom. The number of amides is 1. The highest BCUT2D eigenvalue weighted by molar-refractivity contribution is 5.68. The summed E-state index contributed by atoms with van der Waals surface area (Å²) in [5.74, 6) is 0.